The molecule has 1 N–H and O–H groups in total. The number of thiophene rings is 1. The monoisotopic (exact) mass is 369 g/mol. The molecule has 0 aliphatic heterocycles. The van der Waals surface area contributed by atoms with Crippen LogP contribution >= 0.6 is 11.3 Å². The minimum atomic E-state index is -0.0233. The molecule has 1 saturated carbocycles. The standard InChI is InChI=1S/C20H23N3O2S/c1-11(6-9-15-5-4-10-25-15)21-19(24)17-12(2)16-13(3)22-18(14-7-8-14)23-20(16)26-17/h4-5,10-11,14H,6-9H2,1-3H3,(H,21,24). The molecule has 1 unspecified atom stereocenters. The van der Waals surface area contributed by atoms with Gasteiger partial charge in [-0.2, -0.15) is 0 Å². The number of hydrogen-bond donors (Lipinski definition) is 1. The van der Waals surface area contributed by atoms with Crippen LogP contribution in [-0.4, -0.2) is 21.9 Å². The maximum Gasteiger partial charge on any atom is 0.261 e. The Labute approximate surface area is 156 Å². The molecule has 1 fully saturated rings. The fourth-order valence-corrected chi connectivity index (χ4v) is 4.42. The second kappa shape index (κ2) is 6.83. The van der Waals surface area contributed by atoms with E-state index < -0.39 is 0 Å². The third kappa shape index (κ3) is 3.38. The van der Waals surface area contributed by atoms with Gasteiger partial charge in [0.25, 0.3) is 5.91 Å². The molecule has 0 radical (unpaired) electrons. The van der Waals surface area contributed by atoms with Crippen LogP contribution in [0, 0.1) is 13.8 Å². The Balaban J connectivity index is 1.50. The number of carbonyl (C=O) groups is 1. The number of hydrogen-bond acceptors (Lipinski definition) is 5. The van der Waals surface area contributed by atoms with Gasteiger partial charge in [0, 0.05) is 23.8 Å². The van der Waals surface area contributed by atoms with Gasteiger partial charge >= 0.3 is 0 Å². The SMILES string of the molecule is Cc1nc(C2CC2)nc2sc(C(=O)NC(C)CCc3ccco3)c(C)c12. The van der Waals surface area contributed by atoms with Crippen molar-refractivity contribution in [1.29, 1.82) is 0 Å². The molecule has 0 saturated heterocycles. The van der Waals surface area contributed by atoms with E-state index in [0.717, 1.165) is 50.8 Å². The highest BCUT2D eigenvalue weighted by molar-refractivity contribution is 7.20. The topological polar surface area (TPSA) is 68.0 Å². The Morgan fingerprint density at radius 3 is 2.88 bits per heavy atom. The fraction of sp³-hybridized carbons (Fsp3) is 0.450. The van der Waals surface area contributed by atoms with Crippen molar-refractivity contribution in [3.63, 3.8) is 0 Å². The van der Waals surface area contributed by atoms with Crippen LogP contribution in [0.25, 0.3) is 10.2 Å². The lowest BCUT2D eigenvalue weighted by atomic mass is 10.1. The summed E-state index contributed by atoms with van der Waals surface area (Å²) in [5.41, 5.74) is 1.97. The van der Waals surface area contributed by atoms with Crippen LogP contribution in [0.5, 0.6) is 0 Å². The van der Waals surface area contributed by atoms with Crippen LogP contribution in [0.2, 0.25) is 0 Å². The van der Waals surface area contributed by atoms with Crippen molar-refractivity contribution in [1.82, 2.24) is 15.3 Å². The molecular formula is C20H23N3O2S. The summed E-state index contributed by atoms with van der Waals surface area (Å²) in [6.45, 7) is 6.04. The average Bonchev–Trinajstić information content (AvgIpc) is 3.21. The molecule has 3 aromatic rings. The van der Waals surface area contributed by atoms with E-state index in [0.29, 0.717) is 5.92 Å². The molecule has 136 valence electrons. The zero-order valence-corrected chi connectivity index (χ0v) is 16.2. The zero-order valence-electron chi connectivity index (χ0n) is 15.3. The molecular weight excluding hydrogens is 346 g/mol. The van der Waals surface area contributed by atoms with Gasteiger partial charge in [-0.1, -0.05) is 0 Å². The Bertz CT molecular complexity index is 942. The van der Waals surface area contributed by atoms with Gasteiger partial charge in [0.05, 0.1) is 16.8 Å². The summed E-state index contributed by atoms with van der Waals surface area (Å²) >= 11 is 1.48. The molecule has 1 aliphatic rings. The maximum absolute atomic E-state index is 12.8. The average molecular weight is 369 g/mol. The van der Waals surface area contributed by atoms with E-state index in [1.165, 1.54) is 24.2 Å². The number of aryl methyl sites for hydroxylation is 3. The zero-order chi connectivity index (χ0) is 18.3. The van der Waals surface area contributed by atoms with Crippen LogP contribution in [0.1, 0.15) is 64.6 Å². The first-order chi connectivity index (χ1) is 12.5. The second-order valence-electron chi connectivity index (χ2n) is 7.17. The molecule has 26 heavy (non-hydrogen) atoms. The van der Waals surface area contributed by atoms with Crippen LogP contribution in [-0.2, 0) is 6.42 Å². The number of fused-ring (bicyclic) bond motifs is 1. The predicted octanol–water partition coefficient (Wildman–Crippen LogP) is 4.53. The minimum absolute atomic E-state index is 0.0233. The summed E-state index contributed by atoms with van der Waals surface area (Å²) in [7, 11) is 0. The van der Waals surface area contributed by atoms with Crippen LogP contribution in [0.4, 0.5) is 0 Å². The molecule has 0 aromatic carbocycles. The van der Waals surface area contributed by atoms with Crippen LogP contribution < -0.4 is 5.32 Å². The van der Waals surface area contributed by atoms with E-state index in [4.69, 9.17) is 9.40 Å². The third-order valence-corrected chi connectivity index (χ3v) is 6.10. The van der Waals surface area contributed by atoms with Crippen LogP contribution in [0.3, 0.4) is 0 Å². The molecule has 3 heterocycles. The summed E-state index contributed by atoms with van der Waals surface area (Å²) in [5.74, 6) is 2.38. The number of furan rings is 1. The van der Waals surface area contributed by atoms with Crippen molar-refractivity contribution in [3.05, 3.63) is 46.1 Å². The van der Waals surface area contributed by atoms with Crippen molar-refractivity contribution >= 4 is 27.5 Å². The van der Waals surface area contributed by atoms with Gasteiger partial charge in [0.1, 0.15) is 16.4 Å². The predicted molar refractivity (Wildman–Crippen MR) is 103 cm³/mol. The fourth-order valence-electron chi connectivity index (χ4n) is 3.28. The molecule has 4 rings (SSSR count). The summed E-state index contributed by atoms with van der Waals surface area (Å²) in [5, 5.41) is 4.15. The van der Waals surface area contributed by atoms with Crippen LogP contribution in [0.15, 0.2) is 22.8 Å². The number of carbonyl (C=O) groups excluding carboxylic acids is 1. The smallest absolute Gasteiger partial charge is 0.261 e. The van der Waals surface area contributed by atoms with Crippen molar-refractivity contribution in [2.24, 2.45) is 0 Å². The quantitative estimate of drug-likeness (QED) is 0.693. The Hall–Kier alpha value is -2.21. The Morgan fingerprint density at radius 1 is 1.38 bits per heavy atom. The van der Waals surface area contributed by atoms with Gasteiger partial charge in [-0.15, -0.1) is 11.3 Å². The Kier molecular flexibility index (Phi) is 4.53. The maximum atomic E-state index is 12.8. The summed E-state index contributed by atoms with van der Waals surface area (Å²) in [4.78, 5) is 23.9. The molecule has 1 aliphatic carbocycles. The van der Waals surface area contributed by atoms with E-state index >= 15 is 0 Å². The van der Waals surface area contributed by atoms with E-state index in [9.17, 15) is 4.79 Å². The highest BCUT2D eigenvalue weighted by atomic mass is 32.1. The van der Waals surface area contributed by atoms with Gasteiger partial charge in [0.15, 0.2) is 0 Å². The molecule has 1 amide bonds. The number of nitrogens with zero attached hydrogens (tertiary/aromatic N) is 2. The van der Waals surface area contributed by atoms with Gasteiger partial charge in [0.2, 0.25) is 0 Å². The number of rotatable bonds is 6. The summed E-state index contributed by atoms with van der Waals surface area (Å²) in [6, 6.07) is 3.92. The van der Waals surface area contributed by atoms with Gasteiger partial charge in [-0.05, 0) is 57.7 Å². The second-order valence-corrected chi connectivity index (χ2v) is 8.17. The minimum Gasteiger partial charge on any atom is -0.469 e. The molecule has 1 atom stereocenters. The lowest BCUT2D eigenvalue weighted by Gasteiger charge is -2.12. The Morgan fingerprint density at radius 2 is 2.19 bits per heavy atom. The normalized spacial score (nSPS) is 15.3. The van der Waals surface area contributed by atoms with Gasteiger partial charge in [-0.25, -0.2) is 9.97 Å². The van der Waals surface area contributed by atoms with E-state index in [2.05, 4.69) is 10.3 Å². The summed E-state index contributed by atoms with van der Waals surface area (Å²) in [6.07, 6.45) is 5.69. The lowest BCUT2D eigenvalue weighted by molar-refractivity contribution is 0.0941. The third-order valence-electron chi connectivity index (χ3n) is 4.92. The van der Waals surface area contributed by atoms with Gasteiger partial charge < -0.3 is 9.73 Å². The van der Waals surface area contributed by atoms with E-state index in [-0.39, 0.29) is 11.9 Å². The van der Waals surface area contributed by atoms with Crippen molar-refractivity contribution in [2.45, 2.75) is 58.4 Å². The molecule has 0 spiro atoms. The number of nitrogens with one attached hydrogen (secondary N) is 1. The molecule has 0 bridgehead atoms. The van der Waals surface area contributed by atoms with E-state index in [1.54, 1.807) is 6.26 Å². The summed E-state index contributed by atoms with van der Waals surface area (Å²) < 4.78 is 5.36. The molecule has 3 aromatic heterocycles. The van der Waals surface area contributed by atoms with Crippen molar-refractivity contribution < 1.29 is 9.21 Å². The number of aromatic nitrogens is 2. The van der Waals surface area contributed by atoms with Crippen molar-refractivity contribution in [2.75, 3.05) is 0 Å². The first-order valence-corrected chi connectivity index (χ1v) is 9.95. The van der Waals surface area contributed by atoms with E-state index in [1.807, 2.05) is 32.9 Å². The molecule has 6 heteroatoms. The highest BCUT2D eigenvalue weighted by Gasteiger charge is 2.28. The largest absolute Gasteiger partial charge is 0.469 e. The highest BCUT2D eigenvalue weighted by Crippen LogP contribution is 2.40. The molecule has 5 nitrogen and oxygen atoms in total. The number of amides is 1. The first-order valence-electron chi connectivity index (χ1n) is 9.13. The lowest BCUT2D eigenvalue weighted by Crippen LogP contribution is -2.32. The first kappa shape index (κ1) is 17.2. The van der Waals surface area contributed by atoms with Crippen molar-refractivity contribution in [3.8, 4) is 0 Å². The van der Waals surface area contributed by atoms with Gasteiger partial charge in [-0.3, -0.25) is 4.79 Å².